The summed E-state index contributed by atoms with van der Waals surface area (Å²) in [7, 11) is 3.27. The van der Waals surface area contributed by atoms with Crippen molar-refractivity contribution >= 4 is 0 Å². The highest BCUT2D eigenvalue weighted by Gasteiger charge is 2.17. The summed E-state index contributed by atoms with van der Waals surface area (Å²) >= 11 is 0. The number of nitrogens with one attached hydrogen (secondary N) is 1. The fourth-order valence-corrected chi connectivity index (χ4v) is 4.35. The molecular weight excluding hydrogens is 450 g/mol. The van der Waals surface area contributed by atoms with Gasteiger partial charge in [0.15, 0.2) is 0 Å². The maximum Gasteiger partial charge on any atom is 0.130 e. The molecule has 0 aliphatic rings. The summed E-state index contributed by atoms with van der Waals surface area (Å²) < 4.78 is 17.6. The summed E-state index contributed by atoms with van der Waals surface area (Å²) in [6.07, 6.45) is 0. The first-order valence-electron chi connectivity index (χ1n) is 12.1. The van der Waals surface area contributed by atoms with Gasteiger partial charge in [-0.25, -0.2) is 0 Å². The van der Waals surface area contributed by atoms with E-state index < -0.39 is 0 Å². The molecule has 0 saturated carbocycles. The molecule has 0 heterocycles. The van der Waals surface area contributed by atoms with Crippen LogP contribution in [0.5, 0.6) is 17.2 Å². The lowest BCUT2D eigenvalue weighted by Crippen LogP contribution is -2.24. The third-order valence-corrected chi connectivity index (χ3v) is 6.42. The van der Waals surface area contributed by atoms with Crippen LogP contribution in [0.2, 0.25) is 0 Å². The Morgan fingerprint density at radius 3 is 2.06 bits per heavy atom. The van der Waals surface area contributed by atoms with Crippen molar-refractivity contribution in [2.75, 3.05) is 20.8 Å². The fraction of sp³-hybridized carbons (Fsp3) is 0.226. The minimum Gasteiger partial charge on any atom is -0.496 e. The Bertz CT molecular complexity index is 1230. The third-order valence-electron chi connectivity index (χ3n) is 6.42. The minimum absolute atomic E-state index is 0.0166. The van der Waals surface area contributed by atoms with Crippen LogP contribution >= 0.6 is 0 Å². The van der Waals surface area contributed by atoms with Crippen molar-refractivity contribution in [2.45, 2.75) is 26.1 Å². The lowest BCUT2D eigenvalue weighted by molar-refractivity contribution is 0.242. The molecule has 4 aromatic carbocycles. The number of hydrogen-bond acceptors (Lipinski definition) is 5. The van der Waals surface area contributed by atoms with Gasteiger partial charge in [-0.15, -0.1) is 0 Å². The van der Waals surface area contributed by atoms with Crippen LogP contribution in [0.25, 0.3) is 11.1 Å². The Kier molecular flexibility index (Phi) is 8.61. The van der Waals surface area contributed by atoms with E-state index in [1.165, 1.54) is 16.7 Å². The van der Waals surface area contributed by atoms with Gasteiger partial charge in [0.05, 0.1) is 32.4 Å². The van der Waals surface area contributed by atoms with E-state index in [0.717, 1.165) is 16.7 Å². The molecule has 0 amide bonds. The molecule has 186 valence electrons. The van der Waals surface area contributed by atoms with Gasteiger partial charge in [-0.1, -0.05) is 78.9 Å². The van der Waals surface area contributed by atoms with Crippen LogP contribution in [-0.4, -0.2) is 25.9 Å². The van der Waals surface area contributed by atoms with Crippen LogP contribution in [0.1, 0.15) is 28.3 Å². The maximum absolute atomic E-state index is 9.90. The molecule has 1 atom stereocenters. The normalized spacial score (nSPS) is 11.7. The molecule has 0 aliphatic carbocycles. The van der Waals surface area contributed by atoms with Crippen LogP contribution in [-0.2, 0) is 13.2 Å². The number of rotatable bonds is 11. The summed E-state index contributed by atoms with van der Waals surface area (Å²) in [5, 5.41) is 13.3. The van der Waals surface area contributed by atoms with Gasteiger partial charge in [-0.05, 0) is 34.7 Å². The molecular formula is C31H33NO4. The Balaban J connectivity index is 1.51. The number of hydrogen-bond donors (Lipinski definition) is 2. The molecule has 0 bridgehead atoms. The summed E-state index contributed by atoms with van der Waals surface area (Å²) in [4.78, 5) is 0. The van der Waals surface area contributed by atoms with E-state index in [0.29, 0.717) is 30.4 Å². The number of aliphatic hydroxyl groups is 1. The summed E-state index contributed by atoms with van der Waals surface area (Å²) in [6.45, 7) is 3.00. The molecule has 0 fully saturated rings. The summed E-state index contributed by atoms with van der Waals surface area (Å²) in [5.41, 5.74) is 6.59. The van der Waals surface area contributed by atoms with E-state index in [4.69, 9.17) is 14.2 Å². The van der Waals surface area contributed by atoms with Gasteiger partial charge in [0.2, 0.25) is 0 Å². The van der Waals surface area contributed by atoms with Crippen molar-refractivity contribution in [3.8, 4) is 28.4 Å². The Labute approximate surface area is 213 Å². The van der Waals surface area contributed by atoms with Crippen LogP contribution in [0.3, 0.4) is 0 Å². The predicted molar refractivity (Wildman–Crippen MR) is 144 cm³/mol. The first-order chi connectivity index (χ1) is 17.6. The maximum atomic E-state index is 9.90. The molecule has 0 spiro atoms. The highest BCUT2D eigenvalue weighted by Crippen LogP contribution is 2.35. The number of methoxy groups -OCH3 is 2. The minimum atomic E-state index is -0.198. The molecule has 36 heavy (non-hydrogen) atoms. The third kappa shape index (κ3) is 5.88. The Morgan fingerprint density at radius 1 is 0.806 bits per heavy atom. The van der Waals surface area contributed by atoms with Gasteiger partial charge >= 0.3 is 0 Å². The Hall–Kier alpha value is -3.80. The number of aliphatic hydroxyl groups excluding tert-OH is 1. The molecule has 0 aliphatic heterocycles. The van der Waals surface area contributed by atoms with Crippen molar-refractivity contribution in [1.29, 1.82) is 0 Å². The average Bonchev–Trinajstić information content (AvgIpc) is 2.94. The van der Waals surface area contributed by atoms with Gasteiger partial charge in [0.1, 0.15) is 23.9 Å². The van der Waals surface area contributed by atoms with E-state index >= 15 is 0 Å². The van der Waals surface area contributed by atoms with Gasteiger partial charge < -0.3 is 24.6 Å². The second-order valence-electron chi connectivity index (χ2n) is 8.58. The number of benzene rings is 4. The standard InChI is InChI=1S/C31H33NO4/c1-22-25(15-10-16-27(22)23-11-6-4-7-12-23)21-36-26-17-30(34-2)28(31(18-26)35-3)19-32-29(20-33)24-13-8-5-9-14-24/h4-18,29,32-33H,19-21H2,1-3H3/t29-/m1/s1. The van der Waals surface area contributed by atoms with Gasteiger partial charge in [-0.3, -0.25) is 0 Å². The van der Waals surface area contributed by atoms with Crippen molar-refractivity contribution in [2.24, 2.45) is 0 Å². The molecule has 2 N–H and O–H groups in total. The number of ether oxygens (including phenoxy) is 3. The molecule has 0 aromatic heterocycles. The zero-order valence-corrected chi connectivity index (χ0v) is 21.0. The van der Waals surface area contributed by atoms with Gasteiger partial charge in [0, 0.05) is 18.7 Å². The van der Waals surface area contributed by atoms with E-state index in [-0.39, 0.29) is 12.6 Å². The van der Waals surface area contributed by atoms with E-state index in [1.807, 2.05) is 48.5 Å². The van der Waals surface area contributed by atoms with Crippen molar-refractivity contribution in [3.63, 3.8) is 0 Å². The first kappa shape index (κ1) is 25.3. The van der Waals surface area contributed by atoms with Crippen LogP contribution in [0.4, 0.5) is 0 Å². The summed E-state index contributed by atoms with van der Waals surface area (Å²) in [5.74, 6) is 1.99. The monoisotopic (exact) mass is 483 g/mol. The lowest BCUT2D eigenvalue weighted by Gasteiger charge is -2.20. The smallest absolute Gasteiger partial charge is 0.130 e. The topological polar surface area (TPSA) is 60.0 Å². The summed E-state index contributed by atoms with van der Waals surface area (Å²) in [6, 6.07) is 30.1. The van der Waals surface area contributed by atoms with Crippen molar-refractivity contribution in [1.82, 2.24) is 5.32 Å². The molecule has 0 radical (unpaired) electrons. The van der Waals surface area contributed by atoms with Crippen molar-refractivity contribution < 1.29 is 19.3 Å². The SMILES string of the molecule is COc1cc(OCc2cccc(-c3ccccc3)c2C)cc(OC)c1CN[C@H](CO)c1ccccc1. The Morgan fingerprint density at radius 2 is 1.44 bits per heavy atom. The van der Waals surface area contributed by atoms with E-state index in [2.05, 4.69) is 54.7 Å². The van der Waals surface area contributed by atoms with Crippen LogP contribution < -0.4 is 19.5 Å². The second kappa shape index (κ2) is 12.2. The van der Waals surface area contributed by atoms with Gasteiger partial charge in [0.25, 0.3) is 0 Å². The highest BCUT2D eigenvalue weighted by atomic mass is 16.5. The van der Waals surface area contributed by atoms with Gasteiger partial charge in [-0.2, -0.15) is 0 Å². The molecule has 5 heteroatoms. The molecule has 4 aromatic rings. The zero-order valence-electron chi connectivity index (χ0n) is 21.0. The lowest BCUT2D eigenvalue weighted by atomic mass is 9.97. The second-order valence-corrected chi connectivity index (χ2v) is 8.58. The molecule has 5 nitrogen and oxygen atoms in total. The largest absolute Gasteiger partial charge is 0.496 e. The molecule has 4 rings (SSSR count). The quantitative estimate of drug-likeness (QED) is 0.271. The van der Waals surface area contributed by atoms with E-state index in [9.17, 15) is 5.11 Å². The first-order valence-corrected chi connectivity index (χ1v) is 12.1. The average molecular weight is 484 g/mol. The van der Waals surface area contributed by atoms with Crippen molar-refractivity contribution in [3.05, 3.63) is 113 Å². The molecule has 0 saturated heterocycles. The zero-order chi connectivity index (χ0) is 25.3. The highest BCUT2D eigenvalue weighted by molar-refractivity contribution is 5.68. The van der Waals surface area contributed by atoms with Crippen LogP contribution in [0, 0.1) is 6.92 Å². The molecule has 0 unspecified atom stereocenters. The fourth-order valence-electron chi connectivity index (χ4n) is 4.35. The predicted octanol–water partition coefficient (Wildman–Crippen LogP) is 6.08. The van der Waals surface area contributed by atoms with E-state index in [1.54, 1.807) is 14.2 Å². The van der Waals surface area contributed by atoms with Crippen LogP contribution in [0.15, 0.2) is 91.0 Å².